The molecule has 0 aromatic carbocycles. The number of aryl methyl sites for hydroxylation is 1. The summed E-state index contributed by atoms with van der Waals surface area (Å²) in [6.45, 7) is 4.06. The standard InChI is InChI=1S/C18H26N2O3/c1-13-9-15(21)10-17(19(13)2)18(22)20(11-14-5-3-6-14)12-16-7-4-8-23-16/h9-10,14,16H,3-8,11-12H2,1-2H3/t16-/m0/s1. The molecule has 126 valence electrons. The van der Waals surface area contributed by atoms with Gasteiger partial charge in [-0.1, -0.05) is 6.42 Å². The number of rotatable bonds is 5. The Kier molecular flexibility index (Phi) is 4.85. The van der Waals surface area contributed by atoms with E-state index in [0.29, 0.717) is 18.2 Å². The van der Waals surface area contributed by atoms with Gasteiger partial charge in [-0.2, -0.15) is 0 Å². The summed E-state index contributed by atoms with van der Waals surface area (Å²) in [6.07, 6.45) is 5.88. The van der Waals surface area contributed by atoms with Gasteiger partial charge in [-0.3, -0.25) is 9.59 Å². The predicted molar refractivity (Wildman–Crippen MR) is 88.6 cm³/mol. The first-order chi connectivity index (χ1) is 11.0. The molecule has 1 saturated heterocycles. The minimum Gasteiger partial charge on any atom is -0.376 e. The minimum absolute atomic E-state index is 0.0456. The summed E-state index contributed by atoms with van der Waals surface area (Å²) in [4.78, 5) is 26.8. The average molecular weight is 318 g/mol. The molecule has 1 aliphatic heterocycles. The van der Waals surface area contributed by atoms with E-state index in [9.17, 15) is 9.59 Å². The Morgan fingerprint density at radius 1 is 1.26 bits per heavy atom. The molecule has 0 spiro atoms. The molecule has 0 N–H and O–H groups in total. The smallest absolute Gasteiger partial charge is 0.270 e. The molecular weight excluding hydrogens is 292 g/mol. The third-order valence-electron chi connectivity index (χ3n) is 5.18. The van der Waals surface area contributed by atoms with E-state index >= 15 is 0 Å². The molecule has 3 rings (SSSR count). The van der Waals surface area contributed by atoms with Gasteiger partial charge < -0.3 is 14.2 Å². The van der Waals surface area contributed by atoms with Crippen molar-refractivity contribution in [3.63, 3.8) is 0 Å². The number of hydrogen-bond donors (Lipinski definition) is 0. The van der Waals surface area contributed by atoms with Gasteiger partial charge in [-0.25, -0.2) is 0 Å². The van der Waals surface area contributed by atoms with Gasteiger partial charge in [0, 0.05) is 44.6 Å². The minimum atomic E-state index is -0.107. The lowest BCUT2D eigenvalue weighted by Crippen LogP contribution is -2.43. The van der Waals surface area contributed by atoms with Crippen molar-refractivity contribution in [2.24, 2.45) is 13.0 Å². The largest absolute Gasteiger partial charge is 0.376 e. The zero-order valence-corrected chi connectivity index (χ0v) is 14.1. The summed E-state index contributed by atoms with van der Waals surface area (Å²) in [6, 6.07) is 3.02. The first-order valence-corrected chi connectivity index (χ1v) is 8.63. The summed E-state index contributed by atoms with van der Waals surface area (Å²) in [7, 11) is 1.84. The Hall–Kier alpha value is -1.62. The van der Waals surface area contributed by atoms with Crippen LogP contribution in [-0.4, -0.2) is 41.2 Å². The molecule has 1 aromatic rings. The first-order valence-electron chi connectivity index (χ1n) is 8.63. The van der Waals surface area contributed by atoms with Gasteiger partial charge in [0.1, 0.15) is 5.69 Å². The van der Waals surface area contributed by atoms with Crippen LogP contribution in [0, 0.1) is 12.8 Å². The van der Waals surface area contributed by atoms with Crippen LogP contribution in [0.4, 0.5) is 0 Å². The number of carbonyl (C=O) groups excluding carboxylic acids is 1. The molecule has 1 aromatic heterocycles. The zero-order chi connectivity index (χ0) is 16.4. The fraction of sp³-hybridized carbons (Fsp3) is 0.667. The van der Waals surface area contributed by atoms with Gasteiger partial charge in [-0.15, -0.1) is 0 Å². The van der Waals surface area contributed by atoms with Gasteiger partial charge in [0.25, 0.3) is 5.91 Å². The number of nitrogens with zero attached hydrogens (tertiary/aromatic N) is 2. The third-order valence-corrected chi connectivity index (χ3v) is 5.18. The van der Waals surface area contributed by atoms with Crippen LogP contribution in [0.2, 0.25) is 0 Å². The van der Waals surface area contributed by atoms with Crippen LogP contribution < -0.4 is 5.43 Å². The van der Waals surface area contributed by atoms with Gasteiger partial charge >= 0.3 is 0 Å². The SMILES string of the molecule is Cc1cc(=O)cc(C(=O)N(CC2CCC2)C[C@@H]2CCCO2)n1C. The molecule has 0 bridgehead atoms. The van der Waals surface area contributed by atoms with Crippen LogP contribution in [-0.2, 0) is 11.8 Å². The fourth-order valence-corrected chi connectivity index (χ4v) is 3.39. The Morgan fingerprint density at radius 2 is 2.04 bits per heavy atom. The van der Waals surface area contributed by atoms with Crippen LogP contribution in [0.1, 0.15) is 48.3 Å². The monoisotopic (exact) mass is 318 g/mol. The molecule has 1 atom stereocenters. The first kappa shape index (κ1) is 16.2. The highest BCUT2D eigenvalue weighted by Gasteiger charge is 2.29. The Morgan fingerprint density at radius 3 is 2.65 bits per heavy atom. The molecule has 1 saturated carbocycles. The van der Waals surface area contributed by atoms with Crippen molar-refractivity contribution in [1.82, 2.24) is 9.47 Å². The molecule has 1 amide bonds. The maximum Gasteiger partial charge on any atom is 0.270 e. The Labute approximate surface area is 137 Å². The summed E-state index contributed by atoms with van der Waals surface area (Å²) < 4.78 is 7.53. The fourth-order valence-electron chi connectivity index (χ4n) is 3.39. The Balaban J connectivity index is 1.82. The van der Waals surface area contributed by atoms with Crippen LogP contribution in [0.25, 0.3) is 0 Å². The van der Waals surface area contributed by atoms with E-state index in [1.807, 2.05) is 23.4 Å². The predicted octanol–water partition coefficient (Wildman–Crippen LogP) is 2.12. The summed E-state index contributed by atoms with van der Waals surface area (Å²) in [5.74, 6) is 0.554. The van der Waals surface area contributed by atoms with E-state index in [0.717, 1.165) is 31.7 Å². The summed E-state index contributed by atoms with van der Waals surface area (Å²) >= 11 is 0. The zero-order valence-electron chi connectivity index (χ0n) is 14.1. The number of amides is 1. The maximum absolute atomic E-state index is 13.0. The van der Waals surface area contributed by atoms with Crippen LogP contribution in [0.15, 0.2) is 16.9 Å². The molecule has 0 radical (unpaired) electrons. The lowest BCUT2D eigenvalue weighted by Gasteiger charge is -2.34. The highest BCUT2D eigenvalue weighted by molar-refractivity contribution is 5.92. The van der Waals surface area contributed by atoms with E-state index in [1.54, 1.807) is 6.07 Å². The Bertz CT molecular complexity index is 628. The number of pyridine rings is 1. The van der Waals surface area contributed by atoms with Crippen molar-refractivity contribution in [2.45, 2.75) is 45.1 Å². The topological polar surface area (TPSA) is 51.5 Å². The average Bonchev–Trinajstić information content (AvgIpc) is 2.97. The second-order valence-electron chi connectivity index (χ2n) is 6.92. The van der Waals surface area contributed by atoms with E-state index < -0.39 is 0 Å². The summed E-state index contributed by atoms with van der Waals surface area (Å²) in [5, 5.41) is 0. The molecular formula is C18H26N2O3. The van der Waals surface area contributed by atoms with Crippen molar-refractivity contribution >= 4 is 5.91 Å². The molecule has 5 nitrogen and oxygen atoms in total. The highest BCUT2D eigenvalue weighted by atomic mass is 16.5. The maximum atomic E-state index is 13.0. The lowest BCUT2D eigenvalue weighted by atomic mass is 9.85. The second kappa shape index (κ2) is 6.87. The highest BCUT2D eigenvalue weighted by Crippen LogP contribution is 2.28. The van der Waals surface area contributed by atoms with E-state index in [4.69, 9.17) is 4.74 Å². The van der Waals surface area contributed by atoms with Crippen molar-refractivity contribution in [3.8, 4) is 0 Å². The molecule has 0 unspecified atom stereocenters. The number of aromatic nitrogens is 1. The van der Waals surface area contributed by atoms with Crippen LogP contribution >= 0.6 is 0 Å². The van der Waals surface area contributed by atoms with E-state index in [-0.39, 0.29) is 17.4 Å². The normalized spacial score (nSPS) is 21.2. The van der Waals surface area contributed by atoms with Crippen LogP contribution in [0.5, 0.6) is 0 Å². The number of hydrogen-bond acceptors (Lipinski definition) is 3. The number of carbonyl (C=O) groups is 1. The lowest BCUT2D eigenvalue weighted by molar-refractivity contribution is 0.0440. The van der Waals surface area contributed by atoms with E-state index in [1.165, 1.54) is 25.3 Å². The van der Waals surface area contributed by atoms with Gasteiger partial charge in [0.2, 0.25) is 0 Å². The van der Waals surface area contributed by atoms with Crippen molar-refractivity contribution in [3.05, 3.63) is 33.7 Å². The molecule has 2 heterocycles. The van der Waals surface area contributed by atoms with Crippen molar-refractivity contribution in [1.29, 1.82) is 0 Å². The second-order valence-corrected chi connectivity index (χ2v) is 6.92. The summed E-state index contributed by atoms with van der Waals surface area (Å²) in [5.41, 5.74) is 1.18. The van der Waals surface area contributed by atoms with Crippen molar-refractivity contribution < 1.29 is 9.53 Å². The van der Waals surface area contributed by atoms with Gasteiger partial charge in [-0.05, 0) is 38.5 Å². The van der Waals surface area contributed by atoms with Crippen molar-refractivity contribution in [2.75, 3.05) is 19.7 Å². The van der Waals surface area contributed by atoms with Gasteiger partial charge in [0.05, 0.1) is 6.10 Å². The molecule has 23 heavy (non-hydrogen) atoms. The molecule has 2 aliphatic rings. The molecule has 5 heteroatoms. The van der Waals surface area contributed by atoms with E-state index in [2.05, 4.69) is 0 Å². The molecule has 1 aliphatic carbocycles. The quantitative estimate of drug-likeness (QED) is 0.835. The number of ether oxygens (including phenoxy) is 1. The van der Waals surface area contributed by atoms with Gasteiger partial charge in [0.15, 0.2) is 5.43 Å². The molecule has 2 fully saturated rings. The third kappa shape index (κ3) is 3.66. The van der Waals surface area contributed by atoms with Crippen LogP contribution in [0.3, 0.4) is 0 Å².